The predicted molar refractivity (Wildman–Crippen MR) is 68.1 cm³/mol. The standard InChI is InChI=1S/C11H22S2/c1-10(2,3)8-7-9-12-13-11(4,5)6/h7,9H,8H2,1-6H3. The van der Waals surface area contributed by atoms with Crippen LogP contribution in [-0.2, 0) is 0 Å². The fourth-order valence-corrected chi connectivity index (χ4v) is 2.40. The molecule has 0 fully saturated rings. The van der Waals surface area contributed by atoms with Gasteiger partial charge in [-0.15, -0.1) is 0 Å². The summed E-state index contributed by atoms with van der Waals surface area (Å²) in [5.74, 6) is 0. The van der Waals surface area contributed by atoms with Gasteiger partial charge < -0.3 is 0 Å². The Morgan fingerprint density at radius 1 is 1.00 bits per heavy atom. The zero-order valence-electron chi connectivity index (χ0n) is 9.68. The van der Waals surface area contributed by atoms with Crippen molar-refractivity contribution in [1.29, 1.82) is 0 Å². The molecule has 0 rings (SSSR count). The predicted octanol–water partition coefficient (Wildman–Crippen LogP) is 5.12. The molecule has 0 amide bonds. The van der Waals surface area contributed by atoms with Crippen LogP contribution in [0.3, 0.4) is 0 Å². The van der Waals surface area contributed by atoms with Crippen molar-refractivity contribution in [3.05, 3.63) is 11.5 Å². The van der Waals surface area contributed by atoms with Gasteiger partial charge >= 0.3 is 0 Å². The van der Waals surface area contributed by atoms with Gasteiger partial charge in [0.1, 0.15) is 0 Å². The van der Waals surface area contributed by atoms with Crippen LogP contribution < -0.4 is 0 Å². The first-order valence-corrected chi connectivity index (χ1v) is 6.91. The Bertz CT molecular complexity index is 158. The smallest absolute Gasteiger partial charge is 0.0182 e. The summed E-state index contributed by atoms with van der Waals surface area (Å²) in [7, 11) is 3.75. The lowest BCUT2D eigenvalue weighted by Crippen LogP contribution is -2.04. The Labute approximate surface area is 91.3 Å². The lowest BCUT2D eigenvalue weighted by molar-refractivity contribution is 0.421. The molecule has 0 radical (unpaired) electrons. The third-order valence-electron chi connectivity index (χ3n) is 1.18. The molecule has 0 saturated carbocycles. The third-order valence-corrected chi connectivity index (χ3v) is 4.20. The second-order valence-corrected chi connectivity index (χ2v) is 8.36. The van der Waals surface area contributed by atoms with Crippen molar-refractivity contribution in [2.75, 3.05) is 0 Å². The summed E-state index contributed by atoms with van der Waals surface area (Å²) in [6.45, 7) is 13.5. The van der Waals surface area contributed by atoms with E-state index in [2.05, 4.69) is 53.0 Å². The van der Waals surface area contributed by atoms with Gasteiger partial charge in [0.05, 0.1) is 0 Å². The minimum atomic E-state index is 0.358. The molecule has 0 unspecified atom stereocenters. The number of rotatable bonds is 3. The Hall–Kier alpha value is 0.440. The molecular weight excluding hydrogens is 196 g/mol. The first-order valence-electron chi connectivity index (χ1n) is 4.70. The molecule has 0 aromatic rings. The third kappa shape index (κ3) is 12.4. The minimum Gasteiger partial charge on any atom is -0.0836 e. The average Bonchev–Trinajstić information content (AvgIpc) is 1.81. The van der Waals surface area contributed by atoms with Crippen molar-refractivity contribution >= 4 is 21.6 Å². The SMILES string of the molecule is CC(C)(C)CC=CSSC(C)(C)C. The van der Waals surface area contributed by atoms with Gasteiger partial charge in [0, 0.05) is 4.75 Å². The summed E-state index contributed by atoms with van der Waals surface area (Å²) >= 11 is 0. The summed E-state index contributed by atoms with van der Waals surface area (Å²) in [6, 6.07) is 0. The van der Waals surface area contributed by atoms with Crippen molar-refractivity contribution in [2.45, 2.75) is 52.7 Å². The van der Waals surface area contributed by atoms with Crippen LogP contribution >= 0.6 is 21.6 Å². The summed E-state index contributed by atoms with van der Waals surface area (Å²) in [4.78, 5) is 0. The van der Waals surface area contributed by atoms with Crippen molar-refractivity contribution in [3.63, 3.8) is 0 Å². The van der Waals surface area contributed by atoms with E-state index < -0.39 is 0 Å². The van der Waals surface area contributed by atoms with Crippen LogP contribution in [0.15, 0.2) is 11.5 Å². The number of hydrogen-bond donors (Lipinski definition) is 0. The molecule has 0 aliphatic heterocycles. The molecule has 2 heteroatoms. The highest BCUT2D eigenvalue weighted by atomic mass is 33.1. The fourth-order valence-electron chi connectivity index (χ4n) is 0.613. The molecule has 0 N–H and O–H groups in total. The molecule has 0 aromatic heterocycles. The van der Waals surface area contributed by atoms with Crippen LogP contribution in [0.2, 0.25) is 0 Å². The van der Waals surface area contributed by atoms with E-state index >= 15 is 0 Å². The van der Waals surface area contributed by atoms with E-state index in [1.807, 2.05) is 21.6 Å². The van der Waals surface area contributed by atoms with Crippen LogP contribution in [0.25, 0.3) is 0 Å². The van der Waals surface area contributed by atoms with Crippen LogP contribution in [0.4, 0.5) is 0 Å². The van der Waals surface area contributed by atoms with E-state index in [0.29, 0.717) is 10.2 Å². The average molecular weight is 218 g/mol. The number of allylic oxidation sites excluding steroid dienone is 1. The molecule has 0 heterocycles. The largest absolute Gasteiger partial charge is 0.0836 e. The maximum absolute atomic E-state index is 2.27. The Morgan fingerprint density at radius 3 is 1.92 bits per heavy atom. The highest BCUT2D eigenvalue weighted by Crippen LogP contribution is 2.36. The summed E-state index contributed by atoms with van der Waals surface area (Å²) < 4.78 is 0.358. The van der Waals surface area contributed by atoms with Gasteiger partial charge in [-0.25, -0.2) is 0 Å². The van der Waals surface area contributed by atoms with Gasteiger partial charge in [-0.3, -0.25) is 0 Å². The molecular formula is C11H22S2. The van der Waals surface area contributed by atoms with E-state index in [-0.39, 0.29) is 0 Å². The maximum atomic E-state index is 2.27. The van der Waals surface area contributed by atoms with Gasteiger partial charge in [0.25, 0.3) is 0 Å². The summed E-state index contributed by atoms with van der Waals surface area (Å²) in [6.07, 6.45) is 3.42. The van der Waals surface area contributed by atoms with Gasteiger partial charge in [0.15, 0.2) is 0 Å². The summed E-state index contributed by atoms with van der Waals surface area (Å²) in [5.41, 5.74) is 0.420. The van der Waals surface area contributed by atoms with Crippen molar-refractivity contribution in [3.8, 4) is 0 Å². The Balaban J connectivity index is 3.55. The first-order chi connectivity index (χ1) is 5.71. The molecule has 0 nitrogen and oxygen atoms in total. The zero-order valence-corrected chi connectivity index (χ0v) is 11.3. The van der Waals surface area contributed by atoms with E-state index in [4.69, 9.17) is 0 Å². The highest BCUT2D eigenvalue weighted by Gasteiger charge is 2.10. The molecule has 78 valence electrons. The van der Waals surface area contributed by atoms with Crippen molar-refractivity contribution in [1.82, 2.24) is 0 Å². The minimum absolute atomic E-state index is 0.358. The van der Waals surface area contributed by atoms with Gasteiger partial charge in [-0.05, 0) is 17.2 Å². The molecule has 0 spiro atoms. The normalized spacial score (nSPS) is 14.0. The second-order valence-electron chi connectivity index (χ2n) is 5.43. The van der Waals surface area contributed by atoms with Crippen molar-refractivity contribution in [2.24, 2.45) is 5.41 Å². The Morgan fingerprint density at radius 2 is 1.54 bits per heavy atom. The molecule has 0 saturated heterocycles. The quantitative estimate of drug-likeness (QED) is 0.603. The molecule has 0 bridgehead atoms. The topological polar surface area (TPSA) is 0 Å². The molecule has 0 aliphatic carbocycles. The molecule has 0 aromatic carbocycles. The van der Waals surface area contributed by atoms with E-state index in [0.717, 1.165) is 6.42 Å². The zero-order chi connectivity index (χ0) is 10.5. The van der Waals surface area contributed by atoms with E-state index in [1.165, 1.54) is 0 Å². The van der Waals surface area contributed by atoms with E-state index in [9.17, 15) is 0 Å². The van der Waals surface area contributed by atoms with Crippen molar-refractivity contribution < 1.29 is 0 Å². The second kappa shape index (κ2) is 5.35. The molecule has 0 aliphatic rings. The van der Waals surface area contributed by atoms with Crippen LogP contribution in [0.5, 0.6) is 0 Å². The monoisotopic (exact) mass is 218 g/mol. The number of hydrogen-bond acceptors (Lipinski definition) is 2. The van der Waals surface area contributed by atoms with Crippen LogP contribution in [-0.4, -0.2) is 4.75 Å². The lowest BCUT2D eigenvalue weighted by atomic mass is 9.93. The summed E-state index contributed by atoms with van der Waals surface area (Å²) in [5, 5.41) is 2.21. The maximum Gasteiger partial charge on any atom is 0.0182 e. The van der Waals surface area contributed by atoms with E-state index in [1.54, 1.807) is 0 Å². The van der Waals surface area contributed by atoms with Crippen LogP contribution in [0.1, 0.15) is 48.0 Å². The molecule has 0 atom stereocenters. The van der Waals surface area contributed by atoms with Gasteiger partial charge in [0.2, 0.25) is 0 Å². The molecule has 13 heavy (non-hydrogen) atoms. The van der Waals surface area contributed by atoms with Crippen LogP contribution in [0, 0.1) is 5.41 Å². The highest BCUT2D eigenvalue weighted by molar-refractivity contribution is 8.78. The fraction of sp³-hybridized carbons (Fsp3) is 0.818. The lowest BCUT2D eigenvalue weighted by Gasteiger charge is -2.16. The van der Waals surface area contributed by atoms with Gasteiger partial charge in [-0.1, -0.05) is 69.2 Å². The Kier molecular flexibility index (Phi) is 5.53. The van der Waals surface area contributed by atoms with Gasteiger partial charge in [-0.2, -0.15) is 0 Å². The first kappa shape index (κ1) is 13.4.